The van der Waals surface area contributed by atoms with Gasteiger partial charge in [0.05, 0.1) is 31.8 Å². The van der Waals surface area contributed by atoms with Crippen molar-refractivity contribution < 1.29 is 42.6 Å². The molecular weight excluding hydrogens is 837 g/mol. The number of likely N-dealkylation sites (N-methyl/N-ethyl adjacent to an activating group) is 1. The smallest absolute Gasteiger partial charge is 0.419 e. The van der Waals surface area contributed by atoms with Crippen LogP contribution in [0.4, 0.5) is 15.3 Å². The summed E-state index contributed by atoms with van der Waals surface area (Å²) >= 11 is 0. The van der Waals surface area contributed by atoms with Gasteiger partial charge in [-0.1, -0.05) is 24.3 Å². The van der Waals surface area contributed by atoms with Gasteiger partial charge < -0.3 is 48.4 Å². The molecule has 65 heavy (non-hydrogen) atoms. The molecule has 0 bridgehead atoms. The Balaban J connectivity index is 0.000000822. The van der Waals surface area contributed by atoms with E-state index in [2.05, 4.69) is 22.2 Å². The molecule has 18 nitrogen and oxygen atoms in total. The number of anilines is 1. The van der Waals surface area contributed by atoms with Crippen LogP contribution in [0.3, 0.4) is 0 Å². The monoisotopic (exact) mass is 902 g/mol. The first kappa shape index (κ1) is 47.5. The van der Waals surface area contributed by atoms with Crippen LogP contribution in [-0.2, 0) is 48.5 Å². The van der Waals surface area contributed by atoms with Gasteiger partial charge in [-0.3, -0.25) is 23.9 Å². The number of hydrogen-bond donors (Lipinski definition) is 1. The summed E-state index contributed by atoms with van der Waals surface area (Å²) in [5.41, 5.74) is 4.52. The molecule has 0 saturated carbocycles. The molecule has 1 atom stereocenters. The van der Waals surface area contributed by atoms with Crippen LogP contribution in [0.1, 0.15) is 62.1 Å². The van der Waals surface area contributed by atoms with Crippen molar-refractivity contribution in [2.45, 2.75) is 83.4 Å². The highest BCUT2D eigenvalue weighted by Crippen LogP contribution is 2.27. The van der Waals surface area contributed by atoms with E-state index in [1.807, 2.05) is 42.2 Å². The van der Waals surface area contributed by atoms with Gasteiger partial charge >= 0.3 is 23.8 Å². The average Bonchev–Trinajstić information content (AvgIpc) is 3.49. The number of urea groups is 1. The summed E-state index contributed by atoms with van der Waals surface area (Å²) in [6.07, 6.45) is 2.06. The Hall–Kier alpha value is -5.46. The SMILES string of the molecule is CCOC(=O)CCC(=O)N1CCN(C2CCN(C(=O)[C@@H](Cc3cc(C)c4c(c3)oc(=O)n4C)OC(=O)N3CCC(N4CCc5ccccc5NC4=O)CC3)CC2)CC1.CN1CCOCC1. The predicted molar refractivity (Wildman–Crippen MR) is 243 cm³/mol. The molecule has 0 unspecified atom stereocenters. The fraction of sp³-hybridized carbons (Fsp3) is 0.617. The van der Waals surface area contributed by atoms with Gasteiger partial charge in [-0.25, -0.2) is 14.4 Å². The molecular formula is C47H66N8O10. The third kappa shape index (κ3) is 12.1. The molecule has 5 amide bonds. The zero-order valence-corrected chi connectivity index (χ0v) is 38.5. The number of oxazole rings is 1. The van der Waals surface area contributed by atoms with E-state index < -0.39 is 18.0 Å². The van der Waals surface area contributed by atoms with Crippen LogP contribution in [0.15, 0.2) is 45.6 Å². The molecule has 3 aromatic rings. The van der Waals surface area contributed by atoms with E-state index in [0.29, 0.717) is 95.0 Å². The molecule has 4 saturated heterocycles. The highest BCUT2D eigenvalue weighted by Gasteiger charge is 2.37. The molecule has 4 fully saturated rings. The molecule has 18 heteroatoms. The topological polar surface area (TPSA) is 180 Å². The first-order chi connectivity index (χ1) is 31.4. The molecule has 1 N–H and O–H groups in total. The summed E-state index contributed by atoms with van der Waals surface area (Å²) in [4.78, 5) is 89.8. The molecule has 0 spiro atoms. The van der Waals surface area contributed by atoms with E-state index in [9.17, 15) is 28.8 Å². The standard InChI is InChI=1S/C42H55N7O9.C5H11NO/c1-4-56-37(51)10-9-36(50)46-23-21-45(22-24-46)31-12-16-47(17-13-31)39(52)35(27-29-25-28(2)38-34(26-29)57-41(54)44(38)3)58-42(55)48-18-14-32(15-19-48)49-20-11-30-7-5-6-8-33(30)43-40(49)53;1-6-2-4-7-5-3-6/h5-8,25-26,31-32,35H,4,9-24,27H2,1-3H3,(H,43,53);2-5H2,1H3/t35-;/m1./s1. The molecule has 6 heterocycles. The molecule has 2 aromatic carbocycles. The Kier molecular flexibility index (Phi) is 16.2. The average molecular weight is 903 g/mol. The number of aryl methyl sites for hydroxylation is 2. The lowest BCUT2D eigenvalue weighted by atomic mass is 9.99. The van der Waals surface area contributed by atoms with Gasteiger partial charge in [0.2, 0.25) is 5.91 Å². The van der Waals surface area contributed by atoms with E-state index in [4.69, 9.17) is 18.6 Å². The number of likely N-dealkylation sites (tertiary alicyclic amines) is 2. The van der Waals surface area contributed by atoms with E-state index in [1.54, 1.807) is 34.7 Å². The van der Waals surface area contributed by atoms with Crippen molar-refractivity contribution in [3.05, 3.63) is 63.6 Å². The number of piperazine rings is 1. The number of para-hydroxylation sites is 1. The van der Waals surface area contributed by atoms with Gasteiger partial charge in [0.1, 0.15) is 0 Å². The lowest BCUT2D eigenvalue weighted by molar-refractivity contribution is -0.146. The summed E-state index contributed by atoms with van der Waals surface area (Å²) in [7, 11) is 3.76. The zero-order chi connectivity index (χ0) is 46.0. The number of amides is 5. The summed E-state index contributed by atoms with van der Waals surface area (Å²) in [6.45, 7) is 12.9. The number of carbonyl (C=O) groups excluding carboxylic acids is 5. The molecule has 5 aliphatic rings. The second-order valence-corrected chi connectivity index (χ2v) is 17.7. The summed E-state index contributed by atoms with van der Waals surface area (Å²) < 4.78 is 23.1. The fourth-order valence-corrected chi connectivity index (χ4v) is 9.63. The van der Waals surface area contributed by atoms with Gasteiger partial charge in [0.25, 0.3) is 5.91 Å². The number of nitrogens with zero attached hydrogens (tertiary/aromatic N) is 7. The Morgan fingerprint density at radius 1 is 0.800 bits per heavy atom. The van der Waals surface area contributed by atoms with Crippen LogP contribution >= 0.6 is 0 Å². The van der Waals surface area contributed by atoms with Crippen molar-refractivity contribution in [3.8, 4) is 0 Å². The number of esters is 1. The Labute approximate surface area is 380 Å². The molecule has 0 aliphatic carbocycles. The second kappa shape index (κ2) is 22.2. The van der Waals surface area contributed by atoms with E-state index >= 15 is 0 Å². The minimum Gasteiger partial charge on any atom is -0.466 e. The molecule has 8 rings (SSSR count). The van der Waals surface area contributed by atoms with E-state index in [0.717, 1.165) is 62.4 Å². The first-order valence-electron chi connectivity index (χ1n) is 23.3. The number of aromatic nitrogens is 1. The van der Waals surface area contributed by atoms with Gasteiger partial charge in [-0.2, -0.15) is 0 Å². The lowest BCUT2D eigenvalue weighted by Crippen LogP contribution is -2.56. The third-order valence-corrected chi connectivity index (χ3v) is 13.4. The predicted octanol–water partition coefficient (Wildman–Crippen LogP) is 3.47. The second-order valence-electron chi connectivity index (χ2n) is 17.7. The number of carbonyl (C=O) groups is 5. The van der Waals surface area contributed by atoms with Crippen molar-refractivity contribution in [2.24, 2.45) is 7.05 Å². The number of nitrogens with one attached hydrogen (secondary N) is 1. The Morgan fingerprint density at radius 3 is 2.15 bits per heavy atom. The highest BCUT2D eigenvalue weighted by molar-refractivity contribution is 5.91. The van der Waals surface area contributed by atoms with Crippen LogP contribution in [0, 0.1) is 6.92 Å². The minimum atomic E-state index is -1.10. The van der Waals surface area contributed by atoms with Crippen LogP contribution in [0.25, 0.3) is 11.1 Å². The van der Waals surface area contributed by atoms with Gasteiger partial charge in [0, 0.05) is 110 Å². The van der Waals surface area contributed by atoms with Gasteiger partial charge in [0.15, 0.2) is 11.7 Å². The van der Waals surface area contributed by atoms with Gasteiger partial charge in [-0.15, -0.1) is 0 Å². The van der Waals surface area contributed by atoms with Gasteiger partial charge in [-0.05, 0) is 81.8 Å². The normalized spacial score (nSPS) is 19.7. The maximum Gasteiger partial charge on any atom is 0.419 e. The summed E-state index contributed by atoms with van der Waals surface area (Å²) in [5, 5.41) is 3.04. The van der Waals surface area contributed by atoms with Crippen LogP contribution < -0.4 is 11.1 Å². The van der Waals surface area contributed by atoms with Crippen LogP contribution in [0.5, 0.6) is 0 Å². The first-order valence-corrected chi connectivity index (χ1v) is 23.3. The minimum absolute atomic E-state index is 0.0351. The maximum absolute atomic E-state index is 14.3. The lowest BCUT2D eigenvalue weighted by Gasteiger charge is -2.43. The largest absolute Gasteiger partial charge is 0.466 e. The number of hydrogen-bond acceptors (Lipinski definition) is 12. The number of benzene rings is 2. The van der Waals surface area contributed by atoms with Crippen LogP contribution in [0.2, 0.25) is 0 Å². The van der Waals surface area contributed by atoms with Crippen LogP contribution in [-0.4, -0.2) is 181 Å². The van der Waals surface area contributed by atoms with Crippen molar-refractivity contribution in [1.82, 2.24) is 34.0 Å². The van der Waals surface area contributed by atoms with Crippen molar-refractivity contribution in [1.29, 1.82) is 0 Å². The molecule has 5 aliphatic heterocycles. The maximum atomic E-state index is 14.3. The number of piperidine rings is 2. The Morgan fingerprint density at radius 2 is 1.48 bits per heavy atom. The number of morpholine rings is 1. The van der Waals surface area contributed by atoms with Crippen molar-refractivity contribution in [2.75, 3.05) is 104 Å². The third-order valence-electron chi connectivity index (χ3n) is 13.4. The molecule has 1 aromatic heterocycles. The Bertz CT molecular complexity index is 2200. The van der Waals surface area contributed by atoms with Crippen molar-refractivity contribution >= 4 is 46.7 Å². The van der Waals surface area contributed by atoms with E-state index in [-0.39, 0.29) is 55.2 Å². The van der Waals surface area contributed by atoms with E-state index in [1.165, 1.54) is 4.57 Å². The number of fused-ring (bicyclic) bond motifs is 2. The molecule has 0 radical (unpaired) electrons. The number of ether oxygens (including phenoxy) is 3. The molecule has 354 valence electrons. The highest BCUT2D eigenvalue weighted by atomic mass is 16.6. The quantitative estimate of drug-likeness (QED) is 0.294. The fourth-order valence-electron chi connectivity index (χ4n) is 9.63. The zero-order valence-electron chi connectivity index (χ0n) is 38.5. The van der Waals surface area contributed by atoms with Crippen molar-refractivity contribution in [3.63, 3.8) is 0 Å². The number of rotatable bonds is 10. The summed E-state index contributed by atoms with van der Waals surface area (Å²) in [5.74, 6) is -1.16. The summed E-state index contributed by atoms with van der Waals surface area (Å²) in [6, 6.07) is 11.5.